The molecule has 1 aliphatic rings. The quantitative estimate of drug-likeness (QED) is 0.745. The number of hydrogen-bond acceptors (Lipinski definition) is 5. The number of aryl methyl sites for hydroxylation is 3. The van der Waals surface area contributed by atoms with Crippen molar-refractivity contribution in [1.82, 2.24) is 20.0 Å². The van der Waals surface area contributed by atoms with Gasteiger partial charge in [-0.1, -0.05) is 0 Å². The van der Waals surface area contributed by atoms with Crippen LogP contribution in [0.15, 0.2) is 22.7 Å². The third kappa shape index (κ3) is 3.41. The van der Waals surface area contributed by atoms with Crippen LogP contribution in [0.1, 0.15) is 48.0 Å². The van der Waals surface area contributed by atoms with E-state index < -0.39 is 0 Å². The number of amides is 1. The molecule has 1 aliphatic heterocycles. The van der Waals surface area contributed by atoms with Gasteiger partial charge in [0.25, 0.3) is 5.88 Å². The van der Waals surface area contributed by atoms with Crippen LogP contribution in [-0.2, 0) is 11.2 Å². The van der Waals surface area contributed by atoms with E-state index in [4.69, 9.17) is 14.2 Å². The summed E-state index contributed by atoms with van der Waals surface area (Å²) in [7, 11) is 1.54. The Morgan fingerprint density at radius 1 is 1.33 bits per heavy atom. The first-order valence-electron chi connectivity index (χ1n) is 9.31. The summed E-state index contributed by atoms with van der Waals surface area (Å²) in [5.74, 6) is 2.08. The molecule has 0 unspecified atom stereocenters. The first-order chi connectivity index (χ1) is 13.0. The van der Waals surface area contributed by atoms with Crippen molar-refractivity contribution in [1.29, 1.82) is 0 Å². The third-order valence-corrected chi connectivity index (χ3v) is 5.34. The predicted octanol–water partition coefficient (Wildman–Crippen LogP) is 3.47. The van der Waals surface area contributed by atoms with Crippen LogP contribution in [0.4, 0.5) is 0 Å². The number of benzene rings is 1. The van der Waals surface area contributed by atoms with Crippen molar-refractivity contribution in [3.05, 3.63) is 40.9 Å². The van der Waals surface area contributed by atoms with Crippen molar-refractivity contribution >= 4 is 16.9 Å². The average molecular weight is 368 g/mol. The second-order valence-corrected chi connectivity index (χ2v) is 7.16. The Labute approximate surface area is 157 Å². The van der Waals surface area contributed by atoms with Gasteiger partial charge in [-0.05, 0) is 55.1 Å². The van der Waals surface area contributed by atoms with Gasteiger partial charge in [-0.3, -0.25) is 4.79 Å². The van der Waals surface area contributed by atoms with E-state index in [1.54, 1.807) is 6.07 Å². The molecule has 1 fully saturated rings. The maximum Gasteiger partial charge on any atom is 0.254 e. The first-order valence-corrected chi connectivity index (χ1v) is 9.31. The molecule has 0 spiro atoms. The summed E-state index contributed by atoms with van der Waals surface area (Å²) in [5, 5.41) is 3.77. The summed E-state index contributed by atoms with van der Waals surface area (Å²) in [6.45, 7) is 4.95. The zero-order valence-electron chi connectivity index (χ0n) is 15.9. The summed E-state index contributed by atoms with van der Waals surface area (Å²) >= 11 is 0. The molecular weight excluding hydrogens is 344 g/mol. The Morgan fingerprint density at radius 2 is 2.15 bits per heavy atom. The fourth-order valence-electron chi connectivity index (χ4n) is 3.68. The molecule has 1 atom stereocenters. The second kappa shape index (κ2) is 7.06. The summed E-state index contributed by atoms with van der Waals surface area (Å²) in [6.07, 6.45) is 2.81. The van der Waals surface area contributed by atoms with E-state index in [2.05, 4.69) is 36.1 Å². The van der Waals surface area contributed by atoms with E-state index in [0.717, 1.165) is 36.2 Å². The van der Waals surface area contributed by atoms with E-state index in [0.29, 0.717) is 24.5 Å². The molecule has 0 radical (unpaired) electrons. The zero-order valence-corrected chi connectivity index (χ0v) is 15.9. The van der Waals surface area contributed by atoms with Crippen molar-refractivity contribution in [3.8, 4) is 5.88 Å². The number of nitrogens with zero attached hydrogens (tertiary/aromatic N) is 3. The summed E-state index contributed by atoms with van der Waals surface area (Å²) < 4.78 is 10.2. The van der Waals surface area contributed by atoms with Crippen LogP contribution >= 0.6 is 0 Å². The predicted molar refractivity (Wildman–Crippen MR) is 101 cm³/mol. The average Bonchev–Trinajstić information content (AvgIpc) is 3.38. The number of H-pyrrole nitrogens is 1. The molecular formula is C20H24N4O3. The Morgan fingerprint density at radius 3 is 2.93 bits per heavy atom. The molecule has 7 heteroatoms. The molecule has 1 aromatic carbocycles. The Kier molecular flexibility index (Phi) is 4.59. The van der Waals surface area contributed by atoms with E-state index in [1.165, 1.54) is 18.2 Å². The van der Waals surface area contributed by atoms with Crippen molar-refractivity contribution in [3.63, 3.8) is 0 Å². The van der Waals surface area contributed by atoms with Crippen molar-refractivity contribution in [2.24, 2.45) is 0 Å². The number of rotatable bonds is 5. The highest BCUT2D eigenvalue weighted by Gasteiger charge is 2.32. The van der Waals surface area contributed by atoms with Crippen LogP contribution in [-0.4, -0.2) is 39.6 Å². The summed E-state index contributed by atoms with van der Waals surface area (Å²) in [4.78, 5) is 22.9. The maximum absolute atomic E-state index is 12.8. The van der Waals surface area contributed by atoms with Gasteiger partial charge < -0.3 is 19.1 Å². The number of methoxy groups -OCH3 is 1. The van der Waals surface area contributed by atoms with Gasteiger partial charge in [0, 0.05) is 25.5 Å². The number of hydrogen-bond donors (Lipinski definition) is 1. The molecule has 0 bridgehead atoms. The molecule has 0 saturated carbocycles. The first kappa shape index (κ1) is 17.6. The Balaban J connectivity index is 1.48. The van der Waals surface area contributed by atoms with Gasteiger partial charge in [-0.25, -0.2) is 4.98 Å². The van der Waals surface area contributed by atoms with Gasteiger partial charge in [0.1, 0.15) is 11.6 Å². The van der Waals surface area contributed by atoms with Gasteiger partial charge >= 0.3 is 0 Å². The molecule has 1 saturated heterocycles. The largest absolute Gasteiger partial charge is 0.479 e. The van der Waals surface area contributed by atoms with Gasteiger partial charge in [0.15, 0.2) is 0 Å². The number of nitrogens with one attached hydrogen (secondary N) is 1. The SMILES string of the molecule is COc1cc(CCC(=O)N2CCC[C@@H]2c2nc3cc(C)c(C)cc3[nH]2)on1. The van der Waals surface area contributed by atoms with Crippen LogP contribution in [0, 0.1) is 13.8 Å². The number of carbonyl (C=O) groups is 1. The van der Waals surface area contributed by atoms with E-state index in [-0.39, 0.29) is 11.9 Å². The highest BCUT2D eigenvalue weighted by molar-refractivity contribution is 5.79. The topological polar surface area (TPSA) is 84.2 Å². The minimum Gasteiger partial charge on any atom is -0.479 e. The number of carbonyl (C=O) groups excluding carboxylic acids is 1. The van der Waals surface area contributed by atoms with Crippen LogP contribution < -0.4 is 4.74 Å². The Hall–Kier alpha value is -2.83. The highest BCUT2D eigenvalue weighted by Crippen LogP contribution is 2.32. The third-order valence-electron chi connectivity index (χ3n) is 5.34. The van der Waals surface area contributed by atoms with Crippen molar-refractivity contribution in [2.45, 2.75) is 45.6 Å². The molecule has 4 rings (SSSR count). The molecule has 2 aromatic heterocycles. The Bertz CT molecular complexity index is 936. The number of imidazole rings is 1. The lowest BCUT2D eigenvalue weighted by Crippen LogP contribution is -2.31. The fraction of sp³-hybridized carbons (Fsp3) is 0.450. The van der Waals surface area contributed by atoms with Gasteiger partial charge in [0.2, 0.25) is 5.91 Å². The van der Waals surface area contributed by atoms with Crippen LogP contribution in [0.25, 0.3) is 11.0 Å². The lowest BCUT2D eigenvalue weighted by Gasteiger charge is -2.23. The van der Waals surface area contributed by atoms with Crippen LogP contribution in [0.2, 0.25) is 0 Å². The number of fused-ring (bicyclic) bond motifs is 1. The monoisotopic (exact) mass is 368 g/mol. The smallest absolute Gasteiger partial charge is 0.254 e. The molecule has 1 N–H and O–H groups in total. The minimum absolute atomic E-state index is 0.00905. The van der Waals surface area contributed by atoms with Crippen molar-refractivity contribution in [2.75, 3.05) is 13.7 Å². The molecule has 1 amide bonds. The fourth-order valence-corrected chi connectivity index (χ4v) is 3.68. The molecule has 3 heterocycles. The molecule has 3 aromatic rings. The van der Waals surface area contributed by atoms with Crippen LogP contribution in [0.3, 0.4) is 0 Å². The number of likely N-dealkylation sites (tertiary alicyclic amines) is 1. The van der Waals surface area contributed by atoms with Crippen molar-refractivity contribution < 1.29 is 14.1 Å². The second-order valence-electron chi connectivity index (χ2n) is 7.16. The molecule has 7 nitrogen and oxygen atoms in total. The van der Waals surface area contributed by atoms with E-state index in [9.17, 15) is 4.79 Å². The highest BCUT2D eigenvalue weighted by atomic mass is 16.5. The number of aromatic amines is 1. The standard InChI is InChI=1S/C20H24N4O3/c1-12-9-15-16(10-13(12)2)22-20(21-15)17-5-4-8-24(17)19(25)7-6-14-11-18(26-3)23-27-14/h9-11,17H,4-8H2,1-3H3,(H,21,22)/t17-/m1/s1. The number of aromatic nitrogens is 3. The summed E-state index contributed by atoms with van der Waals surface area (Å²) in [6, 6.07) is 5.95. The molecule has 0 aliphatic carbocycles. The van der Waals surface area contributed by atoms with E-state index in [1.807, 2.05) is 4.90 Å². The summed E-state index contributed by atoms with van der Waals surface area (Å²) in [5.41, 5.74) is 4.45. The zero-order chi connectivity index (χ0) is 19.0. The lowest BCUT2D eigenvalue weighted by molar-refractivity contribution is -0.132. The van der Waals surface area contributed by atoms with Gasteiger partial charge in [-0.15, -0.1) is 0 Å². The van der Waals surface area contributed by atoms with Gasteiger partial charge in [-0.2, -0.15) is 0 Å². The number of ether oxygens (including phenoxy) is 1. The molecule has 142 valence electrons. The minimum atomic E-state index is 0.00905. The van der Waals surface area contributed by atoms with Gasteiger partial charge in [0.05, 0.1) is 24.2 Å². The maximum atomic E-state index is 12.8. The molecule has 27 heavy (non-hydrogen) atoms. The van der Waals surface area contributed by atoms with Crippen LogP contribution in [0.5, 0.6) is 5.88 Å². The normalized spacial score (nSPS) is 17.0. The lowest BCUT2D eigenvalue weighted by atomic mass is 10.1. The van der Waals surface area contributed by atoms with E-state index >= 15 is 0 Å².